The molecule has 0 fully saturated rings. The van der Waals surface area contributed by atoms with Crippen LogP contribution in [0.4, 0.5) is 0 Å². The number of fused-ring (bicyclic) bond motifs is 5. The van der Waals surface area contributed by atoms with Gasteiger partial charge < -0.3 is 9.40 Å². The summed E-state index contributed by atoms with van der Waals surface area (Å²) in [6.07, 6.45) is 10.3. The minimum Gasteiger partial charge on any atom is -0.454 e. The highest BCUT2D eigenvalue weighted by Gasteiger charge is 2.29. The standard InChI is InChI=1S/C22H20N2O/c1-4-8-18-14(3)17-12-15(13-23-11-5-2)20-16-9-6-7-10-19(16)25-22(20)21(17)24-18/h4-11,13,24H,2,12H2,1,3H3/b8-4-,15-13+,23-11?. The molecule has 0 bridgehead atoms. The fourth-order valence-electron chi connectivity index (χ4n) is 3.53. The normalized spacial score (nSPS) is 15.4. The summed E-state index contributed by atoms with van der Waals surface area (Å²) >= 11 is 0. The maximum Gasteiger partial charge on any atom is 0.159 e. The fourth-order valence-corrected chi connectivity index (χ4v) is 3.53. The predicted molar refractivity (Wildman–Crippen MR) is 106 cm³/mol. The van der Waals surface area contributed by atoms with Crippen LogP contribution in [0, 0.1) is 6.92 Å². The molecule has 0 aliphatic heterocycles. The lowest BCUT2D eigenvalue weighted by atomic mass is 9.88. The molecule has 2 heterocycles. The predicted octanol–water partition coefficient (Wildman–Crippen LogP) is 5.92. The second kappa shape index (κ2) is 6.10. The number of para-hydroxylation sites is 1. The van der Waals surface area contributed by atoms with Gasteiger partial charge in [0.05, 0.1) is 5.69 Å². The molecule has 4 rings (SSSR count). The molecule has 0 unspecified atom stereocenters. The van der Waals surface area contributed by atoms with E-state index in [2.05, 4.69) is 41.7 Å². The van der Waals surface area contributed by atoms with Gasteiger partial charge in [0.25, 0.3) is 0 Å². The number of allylic oxidation sites excluding steroid dienone is 3. The van der Waals surface area contributed by atoms with Crippen LogP contribution in [-0.2, 0) is 6.42 Å². The summed E-state index contributed by atoms with van der Waals surface area (Å²) in [6, 6.07) is 8.17. The van der Waals surface area contributed by atoms with Crippen LogP contribution in [0.1, 0.15) is 29.3 Å². The van der Waals surface area contributed by atoms with E-state index in [4.69, 9.17) is 4.42 Å². The zero-order valence-electron chi connectivity index (χ0n) is 14.5. The third kappa shape index (κ3) is 2.40. The molecule has 25 heavy (non-hydrogen) atoms. The summed E-state index contributed by atoms with van der Waals surface area (Å²) in [7, 11) is 0. The number of benzene rings is 1. The number of rotatable bonds is 3. The van der Waals surface area contributed by atoms with Crippen LogP contribution in [0.15, 0.2) is 58.6 Å². The molecule has 1 aliphatic carbocycles. The minimum absolute atomic E-state index is 0.834. The van der Waals surface area contributed by atoms with Crippen molar-refractivity contribution in [2.45, 2.75) is 20.3 Å². The van der Waals surface area contributed by atoms with E-state index in [9.17, 15) is 0 Å². The molecule has 1 N–H and O–H groups in total. The zero-order chi connectivity index (χ0) is 17.4. The summed E-state index contributed by atoms with van der Waals surface area (Å²) in [5.41, 5.74) is 7.96. The molecule has 3 heteroatoms. The van der Waals surface area contributed by atoms with Crippen molar-refractivity contribution in [3.63, 3.8) is 0 Å². The van der Waals surface area contributed by atoms with E-state index in [-0.39, 0.29) is 0 Å². The number of aliphatic imine (C=N–C) groups is 1. The molecule has 3 aromatic rings. The molecule has 0 amide bonds. The van der Waals surface area contributed by atoms with Gasteiger partial charge in [-0.2, -0.15) is 0 Å². The van der Waals surface area contributed by atoms with Crippen molar-refractivity contribution in [1.82, 2.24) is 4.98 Å². The minimum atomic E-state index is 0.834. The highest BCUT2D eigenvalue weighted by molar-refractivity contribution is 6.01. The third-order valence-electron chi connectivity index (χ3n) is 4.68. The lowest BCUT2D eigenvalue weighted by Gasteiger charge is -2.15. The number of furan rings is 1. The van der Waals surface area contributed by atoms with Gasteiger partial charge in [-0.1, -0.05) is 36.9 Å². The Balaban J connectivity index is 2.02. The molecule has 0 saturated carbocycles. The largest absolute Gasteiger partial charge is 0.454 e. The average Bonchev–Trinajstić information content (AvgIpc) is 3.15. The Labute approximate surface area is 147 Å². The molecule has 1 aromatic carbocycles. The van der Waals surface area contributed by atoms with Crippen LogP contribution >= 0.6 is 0 Å². The Hall–Kier alpha value is -3.07. The van der Waals surface area contributed by atoms with Gasteiger partial charge in [0.1, 0.15) is 5.58 Å². The number of H-pyrrole nitrogens is 1. The lowest BCUT2D eigenvalue weighted by molar-refractivity contribution is 0.626. The summed E-state index contributed by atoms with van der Waals surface area (Å²) in [5.74, 6) is 0.904. The van der Waals surface area contributed by atoms with Crippen molar-refractivity contribution in [2.24, 2.45) is 4.99 Å². The van der Waals surface area contributed by atoms with Crippen LogP contribution in [0.5, 0.6) is 0 Å². The topological polar surface area (TPSA) is 41.3 Å². The number of aromatic amines is 1. The van der Waals surface area contributed by atoms with Crippen molar-refractivity contribution in [3.05, 3.63) is 71.6 Å². The third-order valence-corrected chi connectivity index (χ3v) is 4.68. The van der Waals surface area contributed by atoms with E-state index in [1.165, 1.54) is 16.7 Å². The first-order valence-electron chi connectivity index (χ1n) is 8.44. The maximum absolute atomic E-state index is 6.23. The van der Waals surface area contributed by atoms with Crippen LogP contribution < -0.4 is 0 Å². The van der Waals surface area contributed by atoms with E-state index in [0.29, 0.717) is 0 Å². The van der Waals surface area contributed by atoms with Gasteiger partial charge in [-0.05, 0) is 42.7 Å². The Morgan fingerprint density at radius 3 is 2.92 bits per heavy atom. The number of hydrogen-bond acceptors (Lipinski definition) is 2. The average molecular weight is 328 g/mol. The summed E-state index contributed by atoms with van der Waals surface area (Å²) < 4.78 is 6.23. The summed E-state index contributed by atoms with van der Waals surface area (Å²) in [5, 5.41) is 1.13. The lowest BCUT2D eigenvalue weighted by Crippen LogP contribution is -2.01. The molecular weight excluding hydrogens is 308 g/mol. The van der Waals surface area contributed by atoms with E-state index < -0.39 is 0 Å². The number of hydrogen-bond donors (Lipinski definition) is 1. The van der Waals surface area contributed by atoms with E-state index in [1.54, 1.807) is 12.3 Å². The van der Waals surface area contributed by atoms with Gasteiger partial charge in [-0.15, -0.1) is 0 Å². The highest BCUT2D eigenvalue weighted by Crippen LogP contribution is 2.46. The molecule has 1 aliphatic rings. The smallest absolute Gasteiger partial charge is 0.159 e. The van der Waals surface area contributed by atoms with E-state index in [0.717, 1.165) is 40.1 Å². The van der Waals surface area contributed by atoms with Gasteiger partial charge in [0.15, 0.2) is 5.76 Å². The highest BCUT2D eigenvalue weighted by atomic mass is 16.3. The van der Waals surface area contributed by atoms with Gasteiger partial charge in [-0.25, -0.2) is 0 Å². The SMILES string of the molecule is C=CC=N/C=C1\Cc2c([nH]c(/C=C\C)c2C)-c2oc3ccccc3c21. The number of nitrogens with one attached hydrogen (secondary N) is 1. The Bertz CT molecular complexity index is 1060. The van der Waals surface area contributed by atoms with E-state index >= 15 is 0 Å². The van der Waals surface area contributed by atoms with Gasteiger partial charge >= 0.3 is 0 Å². The van der Waals surface area contributed by atoms with Crippen LogP contribution in [0.3, 0.4) is 0 Å². The Morgan fingerprint density at radius 2 is 2.12 bits per heavy atom. The molecular formula is C22H20N2O. The number of aromatic nitrogens is 1. The van der Waals surface area contributed by atoms with Gasteiger partial charge in [0, 0.05) is 35.5 Å². The first-order chi connectivity index (χ1) is 12.2. The molecule has 2 aromatic heterocycles. The monoisotopic (exact) mass is 328 g/mol. The van der Waals surface area contributed by atoms with Crippen LogP contribution in [0.2, 0.25) is 0 Å². The molecule has 0 saturated heterocycles. The molecule has 124 valence electrons. The summed E-state index contributed by atoms with van der Waals surface area (Å²) in [6.45, 7) is 7.88. The quantitative estimate of drug-likeness (QED) is 0.595. The Morgan fingerprint density at radius 1 is 1.28 bits per heavy atom. The maximum atomic E-state index is 6.23. The fraction of sp³-hybridized carbons (Fsp3) is 0.136. The van der Waals surface area contributed by atoms with Gasteiger partial charge in [0.2, 0.25) is 0 Å². The molecule has 3 nitrogen and oxygen atoms in total. The van der Waals surface area contributed by atoms with Crippen molar-refractivity contribution in [3.8, 4) is 11.5 Å². The van der Waals surface area contributed by atoms with Crippen LogP contribution in [0.25, 0.3) is 34.1 Å². The summed E-state index contributed by atoms with van der Waals surface area (Å²) in [4.78, 5) is 7.92. The second-order valence-electron chi connectivity index (χ2n) is 6.18. The molecule has 0 atom stereocenters. The van der Waals surface area contributed by atoms with Crippen molar-refractivity contribution < 1.29 is 4.42 Å². The molecule has 0 radical (unpaired) electrons. The Kier molecular flexibility index (Phi) is 3.77. The zero-order valence-corrected chi connectivity index (χ0v) is 14.5. The first-order valence-corrected chi connectivity index (χ1v) is 8.44. The van der Waals surface area contributed by atoms with Crippen molar-refractivity contribution in [2.75, 3.05) is 0 Å². The van der Waals surface area contributed by atoms with Crippen molar-refractivity contribution in [1.29, 1.82) is 0 Å². The second-order valence-corrected chi connectivity index (χ2v) is 6.18. The van der Waals surface area contributed by atoms with Crippen molar-refractivity contribution >= 4 is 28.8 Å². The number of nitrogens with zero attached hydrogens (tertiary/aromatic N) is 1. The first kappa shape index (κ1) is 15.5. The molecule has 0 spiro atoms. The van der Waals surface area contributed by atoms with Crippen LogP contribution in [-0.4, -0.2) is 11.2 Å². The van der Waals surface area contributed by atoms with E-state index in [1.807, 2.05) is 31.3 Å². The van der Waals surface area contributed by atoms with Gasteiger partial charge in [-0.3, -0.25) is 4.99 Å².